The van der Waals surface area contributed by atoms with Crippen molar-refractivity contribution in [3.8, 4) is 11.3 Å². The van der Waals surface area contributed by atoms with Gasteiger partial charge in [-0.25, -0.2) is 24.1 Å². The largest absolute Gasteiger partial charge is 0.460 e. The van der Waals surface area contributed by atoms with Crippen LogP contribution in [0.2, 0.25) is 0 Å². The number of fused-ring (bicyclic) bond motifs is 5. The molecule has 7 N–H and O–H groups in total. The lowest BCUT2D eigenvalue weighted by atomic mass is 9.78. The lowest BCUT2D eigenvalue weighted by molar-refractivity contribution is -0.265. The van der Waals surface area contributed by atoms with Gasteiger partial charge in [0.25, 0.3) is 17.7 Å². The maximum atomic E-state index is 14.8. The number of carbonyl (C=O) groups excluding carboxylic acids is 7. The maximum absolute atomic E-state index is 14.8. The number of amides is 2. The molecular formula is C87H128N12O22. The Morgan fingerprint density at radius 2 is 1.47 bits per heavy atom. The number of cyclic esters (lactones) is 1. The molecule has 2 saturated heterocycles. The number of piperidine rings is 1. The van der Waals surface area contributed by atoms with Gasteiger partial charge in [0.2, 0.25) is 11.7 Å². The van der Waals surface area contributed by atoms with Gasteiger partial charge in [-0.2, -0.15) is 10.1 Å². The number of nitrogen functional groups attached to an aromatic ring is 2. The number of ether oxygens (including phenoxy) is 12. The summed E-state index contributed by atoms with van der Waals surface area (Å²) < 4.78 is 78.8. The SMILES string of the molecule is CO[C@H]1C[C@@H]2CC[C@@H](C)[C@@](O)(O2)C(=O)C(=O)N2CCCC[C@H]2C(=O)O[C@H]([C@H](C)C[C@@H]2CC[C@@H](OC(=O)CCc3cn(CCOCCOCCOCCOCCOCCOCCC(=O)NCCCCn4nc(-c5ccc6oc(N)nc6c5)c5c(N)ncnc54)nn3)[C@H](OC)C2)CC(=O)[C@H](C)/C=C(\C)[C@@H](O)[C@@H](OC)C(=O)[C@H](C)C[C@H](C)/C=C/C=C/C=C/1C. The molecule has 3 fully saturated rings. The van der Waals surface area contributed by atoms with E-state index in [2.05, 4.69) is 30.6 Å². The van der Waals surface area contributed by atoms with Gasteiger partial charge in [-0.3, -0.25) is 28.8 Å². The standard InChI is InChI=1S/C87H128N12O22/c1-55-18-12-11-13-19-56(2)71(109-8)51-65-25-21-61(7)87(108,121-65)81(105)84(106)98-31-16-14-20-67(98)85(107)119-72(52-68(100)57(3)47-60(6)79(104)80(111-10)78(103)59(5)46-55)58(4)48-62-22-26-70(73(49-62)110-9)118-75(102)28-24-64-53-97(96-94-64)33-35-113-37-39-115-41-43-117-45-44-116-42-40-114-38-36-112-34-29-74(101)90-30-15-17-32-99-83-76(82(88)91-54-92-83)77(95-99)63-23-27-69-66(50-63)93-86(89)120-69/h11-13,18-19,23,27,47,50,53-55,57-59,61-62,65,67,70-73,79-80,104,108H,14-17,20-22,24-26,28-46,48-49,51-52H2,1-10H3,(H2,89,93)(H,90,101)(H2,88,91,92)/b13-11+,18-12+,56-19+,60-47+/t55-,57-,58-,59-,61-,62+,65+,67+,70-,71+,72+,73-,79-,80+,87-/m1/s1. The van der Waals surface area contributed by atoms with Gasteiger partial charge in [0.15, 0.2) is 17.0 Å². The lowest BCUT2D eigenvalue weighted by Crippen LogP contribution is -2.61. The summed E-state index contributed by atoms with van der Waals surface area (Å²) in [5.41, 5.74) is 17.0. The van der Waals surface area contributed by atoms with Gasteiger partial charge in [0.05, 0.1) is 122 Å². The van der Waals surface area contributed by atoms with Crippen molar-refractivity contribution in [2.45, 2.75) is 225 Å². The number of esters is 2. The van der Waals surface area contributed by atoms with E-state index in [4.69, 9.17) is 77.8 Å². The van der Waals surface area contributed by atoms with E-state index in [9.17, 15) is 43.8 Å². The number of ketones is 3. The fourth-order valence-corrected chi connectivity index (χ4v) is 16.0. The zero-order valence-electron chi connectivity index (χ0n) is 72.0. The highest BCUT2D eigenvalue weighted by atomic mass is 16.6. The summed E-state index contributed by atoms with van der Waals surface area (Å²) in [7, 11) is 4.50. The summed E-state index contributed by atoms with van der Waals surface area (Å²) >= 11 is 0. The molecule has 15 atom stereocenters. The molecule has 9 rings (SSSR count). The van der Waals surface area contributed by atoms with Crippen molar-refractivity contribution < 1.29 is 105 Å². The Hall–Kier alpha value is -8.65. The molecule has 2 amide bonds. The molecule has 0 unspecified atom stereocenters. The summed E-state index contributed by atoms with van der Waals surface area (Å²) in [6.45, 7) is 18.5. The van der Waals surface area contributed by atoms with Crippen LogP contribution in [0.3, 0.4) is 0 Å². The summed E-state index contributed by atoms with van der Waals surface area (Å²) in [5.74, 6) is -8.86. The minimum atomic E-state index is -2.48. The van der Waals surface area contributed by atoms with E-state index >= 15 is 0 Å². The number of allylic oxidation sites excluding steroid dienone is 6. The normalized spacial score (nSPS) is 27.2. The molecule has 5 aromatic rings. The minimum Gasteiger partial charge on any atom is -0.460 e. The second-order valence-electron chi connectivity index (χ2n) is 32.3. The Morgan fingerprint density at radius 3 is 2.17 bits per heavy atom. The zero-order valence-corrected chi connectivity index (χ0v) is 72.0. The van der Waals surface area contributed by atoms with Crippen molar-refractivity contribution in [2.75, 3.05) is 125 Å². The molecule has 4 aliphatic rings. The number of anilines is 2. The number of hydrogen-bond acceptors (Lipinski definition) is 30. The van der Waals surface area contributed by atoms with E-state index in [1.54, 1.807) is 69.6 Å². The van der Waals surface area contributed by atoms with Gasteiger partial charge in [-0.15, -0.1) is 5.10 Å². The van der Waals surface area contributed by atoms with Crippen molar-refractivity contribution in [3.63, 3.8) is 0 Å². The topological polar surface area (TPSA) is 438 Å². The monoisotopic (exact) mass is 1690 g/mol. The number of methoxy groups -OCH3 is 3. The Kier molecular flexibility index (Phi) is 38.9. The third-order valence-electron chi connectivity index (χ3n) is 23.1. The van der Waals surface area contributed by atoms with Crippen molar-refractivity contribution in [2.24, 2.45) is 35.5 Å². The third-order valence-corrected chi connectivity index (χ3v) is 23.1. The van der Waals surface area contributed by atoms with E-state index in [-0.39, 0.29) is 80.6 Å². The number of carbonyl (C=O) groups is 7. The van der Waals surface area contributed by atoms with Crippen LogP contribution < -0.4 is 16.8 Å². The molecule has 4 aromatic heterocycles. The lowest BCUT2D eigenvalue weighted by Gasteiger charge is -2.42. The number of aliphatic hydroxyl groups is 2. The summed E-state index contributed by atoms with van der Waals surface area (Å²) in [6.07, 6.45) is 15.3. The van der Waals surface area contributed by atoms with Crippen LogP contribution in [0.4, 0.5) is 11.8 Å². The minimum absolute atomic E-state index is 0.0195. The van der Waals surface area contributed by atoms with E-state index in [0.717, 1.165) is 24.0 Å². The quantitative estimate of drug-likeness (QED) is 0.0108. The highest BCUT2D eigenvalue weighted by Gasteiger charge is 2.53. The highest BCUT2D eigenvalue weighted by molar-refractivity contribution is 6.39. The van der Waals surface area contributed by atoms with Gasteiger partial charge < -0.3 is 93.2 Å². The molecule has 0 radical (unpaired) electrons. The van der Waals surface area contributed by atoms with Gasteiger partial charge in [-0.05, 0) is 138 Å². The number of nitrogens with zero attached hydrogens (tertiary/aromatic N) is 9. The van der Waals surface area contributed by atoms with Crippen molar-refractivity contribution in [1.29, 1.82) is 0 Å². The fourth-order valence-electron chi connectivity index (χ4n) is 16.0. The summed E-state index contributed by atoms with van der Waals surface area (Å²) in [4.78, 5) is 112. The van der Waals surface area contributed by atoms with Crippen molar-refractivity contribution in [3.05, 3.63) is 84.0 Å². The number of hydrogen-bond donors (Lipinski definition) is 5. The first-order chi connectivity index (χ1) is 58.3. The van der Waals surface area contributed by atoms with E-state index in [1.165, 1.54) is 18.3 Å². The molecule has 1 aromatic carbocycles. The molecule has 668 valence electrons. The predicted molar refractivity (Wildman–Crippen MR) is 446 cm³/mol. The number of aromatic nitrogens is 8. The van der Waals surface area contributed by atoms with Crippen LogP contribution in [-0.2, 0) is 110 Å². The number of benzene rings is 1. The number of unbranched alkanes of at least 4 members (excludes halogenated alkanes) is 1. The van der Waals surface area contributed by atoms with Crippen LogP contribution in [0.15, 0.2) is 82.7 Å². The van der Waals surface area contributed by atoms with Crippen LogP contribution in [-0.4, -0.2) is 264 Å². The molecule has 1 aliphatic carbocycles. The highest BCUT2D eigenvalue weighted by Crippen LogP contribution is 2.40. The molecule has 2 bridgehead atoms. The third kappa shape index (κ3) is 28.7. The predicted octanol–water partition coefficient (Wildman–Crippen LogP) is 8.15. The number of nitrogens with two attached hydrogens (primary N) is 2. The van der Waals surface area contributed by atoms with Gasteiger partial charge >= 0.3 is 11.9 Å². The van der Waals surface area contributed by atoms with Gasteiger partial charge in [0, 0.05) is 96.2 Å². The Morgan fingerprint density at radius 1 is 0.760 bits per heavy atom. The second-order valence-corrected chi connectivity index (χ2v) is 32.3. The molecule has 121 heavy (non-hydrogen) atoms. The Bertz CT molecular complexity index is 4280. The van der Waals surface area contributed by atoms with E-state index in [0.29, 0.717) is 201 Å². The molecule has 34 nitrogen and oxygen atoms in total. The first-order valence-corrected chi connectivity index (χ1v) is 42.7. The fraction of sp³-hybridized carbons (Fsp3) is 0.667. The van der Waals surface area contributed by atoms with E-state index < -0.39 is 102 Å². The first kappa shape index (κ1) is 96.2. The average molecular weight is 1690 g/mol. The number of rotatable bonds is 37. The van der Waals surface area contributed by atoms with Crippen LogP contribution in [0.25, 0.3) is 33.4 Å². The molecule has 1 saturated carbocycles. The summed E-state index contributed by atoms with van der Waals surface area (Å²) in [5, 5.41) is 40.6. The number of oxazole rings is 1. The molecular weight excluding hydrogens is 1570 g/mol. The van der Waals surface area contributed by atoms with Gasteiger partial charge in [-0.1, -0.05) is 76.3 Å². The average Bonchev–Trinajstić information content (AvgIpc) is 1.63. The smallest absolute Gasteiger partial charge is 0.329 e. The molecule has 0 spiro atoms. The number of Topliss-reactive ketones (excluding diaryl/α,β-unsaturated/α-hetero) is 3. The maximum Gasteiger partial charge on any atom is 0.329 e. The summed E-state index contributed by atoms with van der Waals surface area (Å²) in [6, 6.07) is 4.35. The second kappa shape index (κ2) is 49.0. The van der Waals surface area contributed by atoms with Crippen LogP contribution in [0, 0.1) is 35.5 Å². The van der Waals surface area contributed by atoms with Crippen molar-refractivity contribution >= 4 is 75.1 Å². The van der Waals surface area contributed by atoms with E-state index in [1.807, 2.05) is 63.3 Å². The van der Waals surface area contributed by atoms with Crippen LogP contribution >= 0.6 is 0 Å². The Labute approximate surface area is 708 Å². The van der Waals surface area contributed by atoms with Crippen molar-refractivity contribution in [1.82, 2.24) is 49.9 Å². The first-order valence-electron chi connectivity index (χ1n) is 42.7. The Balaban J connectivity index is 0.634. The van der Waals surface area contributed by atoms with Gasteiger partial charge in [0.1, 0.15) is 59.6 Å². The number of aryl methyl sites for hydroxylation is 2. The number of aliphatic hydroxyl groups excluding tert-OH is 1. The van der Waals surface area contributed by atoms with Crippen LogP contribution in [0.5, 0.6) is 0 Å². The molecule has 34 heteroatoms. The zero-order chi connectivity index (χ0) is 87.0. The molecule has 3 aliphatic heterocycles. The number of nitrogens with one attached hydrogen (secondary N) is 1. The molecule has 7 heterocycles. The van der Waals surface area contributed by atoms with Crippen LogP contribution in [0.1, 0.15) is 157 Å².